The van der Waals surface area contributed by atoms with Gasteiger partial charge in [-0.25, -0.2) is 0 Å². The molecule has 2 aromatic rings. The first-order valence-electron chi connectivity index (χ1n) is 9.66. The Kier molecular flexibility index (Phi) is 6.92. The van der Waals surface area contributed by atoms with Gasteiger partial charge in [-0.2, -0.15) is 0 Å². The highest BCUT2D eigenvalue weighted by Gasteiger charge is 2.27. The van der Waals surface area contributed by atoms with Crippen LogP contribution in [0.15, 0.2) is 46.9 Å². The summed E-state index contributed by atoms with van der Waals surface area (Å²) in [5.41, 5.74) is 5.33. The number of carbonyl (C=O) groups excluding carboxylic acids is 1. The number of hydrazine groups is 1. The Morgan fingerprint density at radius 1 is 1.14 bits per heavy atom. The Bertz CT molecular complexity index is 793. The van der Waals surface area contributed by atoms with Gasteiger partial charge >= 0.3 is 5.91 Å². The van der Waals surface area contributed by atoms with Gasteiger partial charge in [-0.05, 0) is 54.7 Å². The van der Waals surface area contributed by atoms with Gasteiger partial charge in [-0.15, -0.1) is 0 Å². The van der Waals surface area contributed by atoms with Crippen molar-refractivity contribution < 1.29 is 13.9 Å². The topological polar surface area (TPSA) is 75.5 Å². The molecule has 7 heteroatoms. The molecule has 0 unspecified atom stereocenters. The van der Waals surface area contributed by atoms with Crippen molar-refractivity contribution in [1.29, 1.82) is 0 Å². The number of benzene rings is 1. The number of carbonyl (C=O) groups is 1. The molecule has 150 valence electrons. The molecule has 1 aliphatic rings. The Morgan fingerprint density at radius 2 is 1.93 bits per heavy atom. The minimum atomic E-state index is -0.389. The van der Waals surface area contributed by atoms with Crippen LogP contribution in [0, 0.1) is 11.8 Å². The average molecular weight is 402 g/mol. The summed E-state index contributed by atoms with van der Waals surface area (Å²) in [6.45, 7) is 4.76. The number of ether oxygens (including phenoxy) is 1. The predicted octanol–water partition coefficient (Wildman–Crippen LogP) is 3.79. The minimum absolute atomic E-state index is 0.196. The number of para-hydroxylation sites is 1. The van der Waals surface area contributed by atoms with Crippen molar-refractivity contribution in [3.05, 3.63) is 54.0 Å². The maximum Gasteiger partial charge on any atom is 0.305 e. The van der Waals surface area contributed by atoms with Crippen LogP contribution in [-0.4, -0.2) is 17.1 Å². The van der Waals surface area contributed by atoms with E-state index in [2.05, 4.69) is 30.0 Å². The maximum atomic E-state index is 12.2. The van der Waals surface area contributed by atoms with Crippen LogP contribution in [0.4, 0.5) is 0 Å². The van der Waals surface area contributed by atoms with Crippen molar-refractivity contribution in [3.8, 4) is 5.75 Å². The van der Waals surface area contributed by atoms with Crippen molar-refractivity contribution in [1.82, 2.24) is 16.2 Å². The second kappa shape index (κ2) is 9.59. The summed E-state index contributed by atoms with van der Waals surface area (Å²) < 4.78 is 11.2. The molecule has 28 heavy (non-hydrogen) atoms. The van der Waals surface area contributed by atoms with Crippen LogP contribution < -0.4 is 20.9 Å². The number of rotatable bonds is 5. The smallest absolute Gasteiger partial charge is 0.305 e. The molecule has 0 saturated heterocycles. The molecule has 0 radical (unpaired) electrons. The molecule has 1 aliphatic carbocycles. The van der Waals surface area contributed by atoms with Gasteiger partial charge in [-0.1, -0.05) is 44.9 Å². The lowest BCUT2D eigenvalue weighted by atomic mass is 9.78. The second-order valence-electron chi connectivity index (χ2n) is 7.29. The summed E-state index contributed by atoms with van der Waals surface area (Å²) in [5.74, 6) is 2.33. The van der Waals surface area contributed by atoms with Gasteiger partial charge in [0.1, 0.15) is 18.1 Å². The Balaban J connectivity index is 1.43. The quantitative estimate of drug-likeness (QED) is 0.523. The maximum absolute atomic E-state index is 12.2. The zero-order valence-electron chi connectivity index (χ0n) is 16.2. The van der Waals surface area contributed by atoms with Crippen LogP contribution in [-0.2, 0) is 6.61 Å². The third kappa shape index (κ3) is 5.48. The minimum Gasteiger partial charge on any atom is -0.486 e. The number of hydrogen-bond donors (Lipinski definition) is 3. The molecule has 3 N–H and O–H groups in total. The lowest BCUT2D eigenvalue weighted by molar-refractivity contribution is 0.0911. The van der Waals surface area contributed by atoms with Gasteiger partial charge in [0.25, 0.3) is 0 Å². The van der Waals surface area contributed by atoms with Crippen molar-refractivity contribution in [2.75, 3.05) is 0 Å². The first-order chi connectivity index (χ1) is 13.5. The van der Waals surface area contributed by atoms with E-state index in [1.54, 1.807) is 12.1 Å². The van der Waals surface area contributed by atoms with Crippen LogP contribution >= 0.6 is 12.2 Å². The fraction of sp³-hybridized carbons (Fsp3) is 0.429. The lowest BCUT2D eigenvalue weighted by Crippen LogP contribution is -2.52. The molecule has 1 aromatic carbocycles. The Labute approximate surface area is 171 Å². The molecule has 1 heterocycles. The van der Waals surface area contributed by atoms with Crippen LogP contribution in [0.1, 0.15) is 49.4 Å². The van der Waals surface area contributed by atoms with Gasteiger partial charge in [0, 0.05) is 6.04 Å². The van der Waals surface area contributed by atoms with Crippen LogP contribution in [0.25, 0.3) is 0 Å². The molecule has 3 atom stereocenters. The fourth-order valence-corrected chi connectivity index (χ4v) is 3.62. The van der Waals surface area contributed by atoms with E-state index in [0.717, 1.165) is 12.2 Å². The molecule has 0 spiro atoms. The van der Waals surface area contributed by atoms with E-state index < -0.39 is 0 Å². The van der Waals surface area contributed by atoms with Gasteiger partial charge in [-0.3, -0.25) is 15.6 Å². The first kappa shape index (κ1) is 20.2. The summed E-state index contributed by atoms with van der Waals surface area (Å²) in [4.78, 5) is 12.2. The van der Waals surface area contributed by atoms with Crippen molar-refractivity contribution >= 4 is 23.2 Å². The standard InChI is InChI=1S/C21H27N3O3S/c1-14-7-6-10-18(15(14)2)22-21(28)24-23-20(25)19-12-11-17(27-19)13-26-16-8-4-3-5-9-16/h3-5,8-9,11-12,14-15,18H,6-7,10,13H2,1-2H3,(H,23,25)(H2,22,24,28)/t14-,15-,18+/m1/s1. The van der Waals surface area contributed by atoms with Crippen LogP contribution in [0.3, 0.4) is 0 Å². The molecule has 1 saturated carbocycles. The van der Waals surface area contributed by atoms with Gasteiger partial charge in [0.2, 0.25) is 0 Å². The van der Waals surface area contributed by atoms with E-state index in [1.807, 2.05) is 30.3 Å². The number of furan rings is 1. The van der Waals surface area contributed by atoms with E-state index in [1.165, 1.54) is 12.8 Å². The molecule has 1 aromatic heterocycles. The largest absolute Gasteiger partial charge is 0.486 e. The van der Waals surface area contributed by atoms with E-state index in [0.29, 0.717) is 28.8 Å². The molecule has 0 bridgehead atoms. The summed E-state index contributed by atoms with van der Waals surface area (Å²) in [5, 5.41) is 3.72. The summed E-state index contributed by atoms with van der Waals surface area (Å²) in [7, 11) is 0. The van der Waals surface area contributed by atoms with Crippen molar-refractivity contribution in [3.63, 3.8) is 0 Å². The van der Waals surface area contributed by atoms with E-state index in [9.17, 15) is 4.79 Å². The Hall–Kier alpha value is -2.54. The van der Waals surface area contributed by atoms with E-state index in [4.69, 9.17) is 21.4 Å². The van der Waals surface area contributed by atoms with Gasteiger partial charge < -0.3 is 14.5 Å². The number of hydrogen-bond acceptors (Lipinski definition) is 4. The highest BCUT2D eigenvalue weighted by atomic mass is 32.1. The van der Waals surface area contributed by atoms with Crippen LogP contribution in [0.2, 0.25) is 0 Å². The zero-order chi connectivity index (χ0) is 19.9. The van der Waals surface area contributed by atoms with Gasteiger partial charge in [0.05, 0.1) is 0 Å². The van der Waals surface area contributed by atoms with E-state index in [-0.39, 0.29) is 18.3 Å². The number of amides is 1. The molecular weight excluding hydrogens is 374 g/mol. The van der Waals surface area contributed by atoms with Gasteiger partial charge in [0.15, 0.2) is 10.9 Å². The van der Waals surface area contributed by atoms with Crippen molar-refractivity contribution in [2.45, 2.75) is 45.8 Å². The zero-order valence-corrected chi connectivity index (χ0v) is 17.1. The first-order valence-corrected chi connectivity index (χ1v) is 10.1. The summed E-state index contributed by atoms with van der Waals surface area (Å²) >= 11 is 5.31. The SMILES string of the molecule is C[C@@H]1[C@H](C)CCC[C@@H]1NC(=S)NNC(=O)c1ccc(COc2ccccc2)o1. The van der Waals surface area contributed by atoms with E-state index >= 15 is 0 Å². The highest BCUT2D eigenvalue weighted by molar-refractivity contribution is 7.80. The number of thiocarbonyl (C=S) groups is 1. The molecule has 1 fully saturated rings. The van der Waals surface area contributed by atoms with Crippen LogP contribution in [0.5, 0.6) is 5.75 Å². The molecule has 0 aliphatic heterocycles. The third-order valence-electron chi connectivity index (χ3n) is 5.32. The van der Waals surface area contributed by atoms with Crippen molar-refractivity contribution in [2.24, 2.45) is 11.8 Å². The second-order valence-corrected chi connectivity index (χ2v) is 7.70. The third-order valence-corrected chi connectivity index (χ3v) is 5.54. The summed E-state index contributed by atoms with van der Waals surface area (Å²) in [6, 6.07) is 13.1. The molecular formula is C21H27N3O3S. The number of nitrogens with one attached hydrogen (secondary N) is 3. The fourth-order valence-electron chi connectivity index (χ4n) is 3.41. The highest BCUT2D eigenvalue weighted by Crippen LogP contribution is 2.29. The monoisotopic (exact) mass is 401 g/mol. The average Bonchev–Trinajstić information content (AvgIpc) is 3.18. The molecule has 3 rings (SSSR count). The molecule has 1 amide bonds. The predicted molar refractivity (Wildman–Crippen MR) is 112 cm³/mol. The summed E-state index contributed by atoms with van der Waals surface area (Å²) in [6.07, 6.45) is 3.54. The lowest BCUT2D eigenvalue weighted by Gasteiger charge is -2.35. The normalized spacial score (nSPS) is 21.6. The Morgan fingerprint density at radius 3 is 2.71 bits per heavy atom. The molecule has 6 nitrogen and oxygen atoms in total.